The van der Waals surface area contributed by atoms with Crippen LogP contribution < -0.4 is 0 Å². The number of furan rings is 1. The molecule has 1 aliphatic heterocycles. The van der Waals surface area contributed by atoms with Crippen molar-refractivity contribution in [2.24, 2.45) is 0 Å². The highest BCUT2D eigenvalue weighted by molar-refractivity contribution is 6.44. The monoisotopic (exact) mass is 383 g/mol. The minimum absolute atomic E-state index is 0.0165. The van der Waals surface area contributed by atoms with Crippen LogP contribution in [0.15, 0.2) is 41.1 Å². The predicted molar refractivity (Wildman–Crippen MR) is 98.5 cm³/mol. The number of aromatic nitrogens is 1. The maximum atomic E-state index is 14.1. The second-order valence-electron chi connectivity index (χ2n) is 6.71. The van der Waals surface area contributed by atoms with Crippen molar-refractivity contribution in [3.8, 4) is 0 Å². The molecule has 1 saturated heterocycles. The summed E-state index contributed by atoms with van der Waals surface area (Å²) in [6.45, 7) is 2.82. The quantitative estimate of drug-likeness (QED) is 0.556. The zero-order chi connectivity index (χ0) is 19.8. The lowest BCUT2D eigenvalue weighted by molar-refractivity contribution is -0.127. The first kappa shape index (κ1) is 18.0. The van der Waals surface area contributed by atoms with Gasteiger partial charge >= 0.3 is 0 Å². The van der Waals surface area contributed by atoms with Gasteiger partial charge in [-0.15, -0.1) is 0 Å². The van der Waals surface area contributed by atoms with Gasteiger partial charge in [-0.25, -0.2) is 4.39 Å². The summed E-state index contributed by atoms with van der Waals surface area (Å²) >= 11 is 0. The molecule has 2 amide bonds. The van der Waals surface area contributed by atoms with E-state index in [4.69, 9.17) is 4.42 Å². The van der Waals surface area contributed by atoms with Crippen molar-refractivity contribution in [2.45, 2.75) is 6.92 Å². The van der Waals surface area contributed by atoms with Crippen LogP contribution in [0.25, 0.3) is 10.9 Å². The molecule has 2 aromatic heterocycles. The summed E-state index contributed by atoms with van der Waals surface area (Å²) in [5.41, 5.74) is 1.23. The average Bonchev–Trinajstić information content (AvgIpc) is 3.33. The number of ketones is 1. The van der Waals surface area contributed by atoms with Gasteiger partial charge in [-0.3, -0.25) is 14.4 Å². The summed E-state index contributed by atoms with van der Waals surface area (Å²) in [6.07, 6.45) is 2.81. The number of nitrogens with one attached hydrogen (secondary N) is 1. The number of aromatic amines is 1. The zero-order valence-corrected chi connectivity index (χ0v) is 15.2. The van der Waals surface area contributed by atoms with Gasteiger partial charge in [0.05, 0.1) is 11.8 Å². The topological polar surface area (TPSA) is 86.6 Å². The molecule has 0 bridgehead atoms. The van der Waals surface area contributed by atoms with E-state index < -0.39 is 17.5 Å². The molecule has 0 aliphatic carbocycles. The van der Waals surface area contributed by atoms with Crippen molar-refractivity contribution in [3.63, 3.8) is 0 Å². The molecule has 3 heterocycles. The lowest BCUT2D eigenvalue weighted by atomic mass is 10.1. The molecule has 0 atom stereocenters. The van der Waals surface area contributed by atoms with E-state index >= 15 is 0 Å². The van der Waals surface area contributed by atoms with Gasteiger partial charge in [0, 0.05) is 48.8 Å². The Labute approximate surface area is 159 Å². The van der Waals surface area contributed by atoms with Crippen LogP contribution in [0.4, 0.5) is 4.39 Å². The predicted octanol–water partition coefficient (Wildman–Crippen LogP) is 2.38. The number of piperazine rings is 1. The van der Waals surface area contributed by atoms with Gasteiger partial charge in [-0.05, 0) is 25.1 Å². The van der Waals surface area contributed by atoms with Crippen molar-refractivity contribution in [2.75, 3.05) is 26.2 Å². The van der Waals surface area contributed by atoms with E-state index in [1.165, 1.54) is 29.5 Å². The van der Waals surface area contributed by atoms with Crippen LogP contribution >= 0.6 is 0 Å². The number of benzene rings is 1. The Morgan fingerprint density at radius 1 is 1.07 bits per heavy atom. The molecule has 1 aliphatic rings. The van der Waals surface area contributed by atoms with E-state index in [9.17, 15) is 18.8 Å². The normalized spacial score (nSPS) is 14.5. The molecule has 0 unspecified atom stereocenters. The van der Waals surface area contributed by atoms with Crippen LogP contribution in [-0.4, -0.2) is 58.6 Å². The second kappa shape index (κ2) is 6.95. The molecular formula is C20H18FN3O4. The van der Waals surface area contributed by atoms with Crippen LogP contribution in [0.3, 0.4) is 0 Å². The third-order valence-corrected chi connectivity index (χ3v) is 5.00. The van der Waals surface area contributed by atoms with Crippen LogP contribution in [-0.2, 0) is 4.79 Å². The number of fused-ring (bicyclic) bond motifs is 1. The SMILES string of the molecule is Cc1ccoc1C(=O)N1CCN(C(=O)C(=O)c2c[nH]c3cccc(F)c23)CC1. The standard InChI is InChI=1S/C20H18FN3O4/c1-12-5-10-28-18(12)20(27)24-8-6-23(7-9-24)19(26)17(25)13-11-22-15-4-2-3-14(21)16(13)15/h2-5,10-11,22H,6-9H2,1H3. The number of aryl methyl sites for hydroxylation is 1. The number of hydrogen-bond acceptors (Lipinski definition) is 4. The maximum Gasteiger partial charge on any atom is 0.295 e. The number of hydrogen-bond donors (Lipinski definition) is 1. The number of rotatable bonds is 3. The number of nitrogens with zero attached hydrogens (tertiary/aromatic N) is 2. The van der Waals surface area contributed by atoms with E-state index in [1.54, 1.807) is 24.0 Å². The number of carbonyl (C=O) groups is 3. The smallest absolute Gasteiger partial charge is 0.295 e. The molecular weight excluding hydrogens is 365 g/mol. The largest absolute Gasteiger partial charge is 0.459 e. The maximum absolute atomic E-state index is 14.1. The molecule has 4 rings (SSSR count). The van der Waals surface area contributed by atoms with Gasteiger partial charge < -0.3 is 19.2 Å². The number of H-pyrrole nitrogens is 1. The summed E-state index contributed by atoms with van der Waals surface area (Å²) in [5, 5.41) is 0.114. The van der Waals surface area contributed by atoms with E-state index in [1.807, 2.05) is 0 Å². The Bertz CT molecular complexity index is 1080. The number of carbonyl (C=O) groups excluding carboxylic acids is 3. The molecule has 28 heavy (non-hydrogen) atoms. The zero-order valence-electron chi connectivity index (χ0n) is 15.2. The van der Waals surface area contributed by atoms with Gasteiger partial charge in [0.1, 0.15) is 5.82 Å². The summed E-state index contributed by atoms with van der Waals surface area (Å²) in [4.78, 5) is 43.5. The summed E-state index contributed by atoms with van der Waals surface area (Å²) in [7, 11) is 0. The van der Waals surface area contributed by atoms with Crippen LogP contribution in [0.5, 0.6) is 0 Å². The molecule has 7 nitrogen and oxygen atoms in total. The highest BCUT2D eigenvalue weighted by Crippen LogP contribution is 2.23. The van der Waals surface area contributed by atoms with Gasteiger partial charge in [0.15, 0.2) is 5.76 Å². The van der Waals surface area contributed by atoms with E-state index in [2.05, 4.69) is 4.98 Å². The molecule has 3 aromatic rings. The van der Waals surface area contributed by atoms with E-state index in [0.29, 0.717) is 18.6 Å². The third kappa shape index (κ3) is 2.96. The van der Waals surface area contributed by atoms with Crippen molar-refractivity contribution in [3.05, 3.63) is 59.4 Å². The van der Waals surface area contributed by atoms with E-state index in [0.717, 1.165) is 5.56 Å². The lowest BCUT2D eigenvalue weighted by Crippen LogP contribution is -2.52. The molecule has 1 fully saturated rings. The van der Waals surface area contributed by atoms with Crippen LogP contribution in [0, 0.1) is 12.7 Å². The number of halogens is 1. The Morgan fingerprint density at radius 2 is 1.79 bits per heavy atom. The van der Waals surface area contributed by atoms with Crippen molar-refractivity contribution < 1.29 is 23.2 Å². The number of amides is 2. The Balaban J connectivity index is 1.46. The minimum atomic E-state index is -0.766. The summed E-state index contributed by atoms with van der Waals surface area (Å²) < 4.78 is 19.3. The first-order chi connectivity index (χ1) is 13.5. The Hall–Kier alpha value is -3.42. The highest BCUT2D eigenvalue weighted by atomic mass is 19.1. The number of Topliss-reactive ketones (excluding diaryl/α,β-unsaturated/α-hetero) is 1. The summed E-state index contributed by atoms with van der Waals surface area (Å²) in [5.74, 6) is -1.98. The highest BCUT2D eigenvalue weighted by Gasteiger charge is 2.31. The molecule has 0 radical (unpaired) electrons. The molecule has 1 N–H and O–H groups in total. The molecule has 1 aromatic carbocycles. The molecule has 0 saturated carbocycles. The van der Waals surface area contributed by atoms with Crippen molar-refractivity contribution in [1.29, 1.82) is 0 Å². The van der Waals surface area contributed by atoms with Gasteiger partial charge in [-0.1, -0.05) is 6.07 Å². The Kier molecular flexibility index (Phi) is 4.46. The molecule has 144 valence electrons. The third-order valence-electron chi connectivity index (χ3n) is 5.00. The van der Waals surface area contributed by atoms with Gasteiger partial charge in [-0.2, -0.15) is 0 Å². The first-order valence-corrected chi connectivity index (χ1v) is 8.90. The van der Waals surface area contributed by atoms with Gasteiger partial charge in [0.25, 0.3) is 17.6 Å². The van der Waals surface area contributed by atoms with Crippen molar-refractivity contribution >= 4 is 28.5 Å². The van der Waals surface area contributed by atoms with E-state index in [-0.39, 0.29) is 35.7 Å². The molecule has 0 spiro atoms. The fourth-order valence-corrected chi connectivity index (χ4v) is 3.43. The minimum Gasteiger partial charge on any atom is -0.459 e. The average molecular weight is 383 g/mol. The van der Waals surface area contributed by atoms with Crippen LogP contribution in [0.2, 0.25) is 0 Å². The van der Waals surface area contributed by atoms with Crippen molar-refractivity contribution in [1.82, 2.24) is 14.8 Å². The fourth-order valence-electron chi connectivity index (χ4n) is 3.43. The fraction of sp³-hybridized carbons (Fsp3) is 0.250. The molecule has 8 heteroatoms. The summed E-state index contributed by atoms with van der Waals surface area (Å²) in [6, 6.07) is 6.13. The second-order valence-corrected chi connectivity index (χ2v) is 6.71. The van der Waals surface area contributed by atoms with Crippen LogP contribution in [0.1, 0.15) is 26.5 Å². The first-order valence-electron chi connectivity index (χ1n) is 8.90. The lowest BCUT2D eigenvalue weighted by Gasteiger charge is -2.34. The Morgan fingerprint density at radius 3 is 2.46 bits per heavy atom. The van der Waals surface area contributed by atoms with Gasteiger partial charge in [0.2, 0.25) is 0 Å².